The van der Waals surface area contributed by atoms with Gasteiger partial charge >= 0.3 is 0 Å². The minimum absolute atomic E-state index is 0.402. The van der Waals surface area contributed by atoms with Gasteiger partial charge in [0.2, 0.25) is 0 Å². The normalized spacial score (nSPS) is 11.4. The molecule has 0 atom stereocenters. The molecule has 0 bridgehead atoms. The summed E-state index contributed by atoms with van der Waals surface area (Å²) in [6.45, 7) is 0. The molecule has 0 unspecified atom stereocenters. The second-order valence-corrected chi connectivity index (χ2v) is 5.85. The van der Waals surface area contributed by atoms with E-state index in [4.69, 9.17) is 5.14 Å². The van der Waals surface area contributed by atoms with Crippen LogP contribution in [0.4, 0.5) is 0 Å². The lowest BCUT2D eigenvalue weighted by atomic mass is 10.2. The van der Waals surface area contributed by atoms with E-state index in [1.165, 1.54) is 0 Å². The largest absolute Gasteiger partial charge is 0.262 e. The van der Waals surface area contributed by atoms with Gasteiger partial charge in [-0.2, -0.15) is 0 Å². The van der Waals surface area contributed by atoms with Crippen molar-refractivity contribution in [2.45, 2.75) is 5.75 Å². The molecule has 1 rings (SSSR count). The SMILES string of the molecule is NS(=O)(=O)SCc1ccccc1. The third kappa shape index (κ3) is 3.75. The zero-order valence-electron chi connectivity index (χ0n) is 6.30. The quantitative estimate of drug-likeness (QED) is 0.749. The van der Waals surface area contributed by atoms with E-state index < -0.39 is 9.06 Å². The Hall–Kier alpha value is -0.520. The fraction of sp³-hybridized carbons (Fsp3) is 0.143. The molecule has 12 heavy (non-hydrogen) atoms. The lowest BCUT2D eigenvalue weighted by molar-refractivity contribution is 0.612. The number of rotatable bonds is 3. The van der Waals surface area contributed by atoms with Gasteiger partial charge < -0.3 is 0 Å². The Bertz CT molecular complexity index is 334. The Kier molecular flexibility index (Phi) is 3.13. The standard InChI is InChI=1S/C7H9NO2S2/c8-12(9,10)11-6-7-4-2-1-3-5-7/h1-5H,6H2,(H2,8,9,10). The van der Waals surface area contributed by atoms with E-state index in [0.29, 0.717) is 5.75 Å². The first-order chi connectivity index (χ1) is 5.58. The number of hydrogen-bond donors (Lipinski definition) is 1. The first-order valence-electron chi connectivity index (χ1n) is 3.29. The maximum Gasteiger partial charge on any atom is 0.262 e. The number of benzene rings is 1. The Labute approximate surface area is 75.4 Å². The topological polar surface area (TPSA) is 60.2 Å². The van der Waals surface area contributed by atoms with Gasteiger partial charge in [0.1, 0.15) is 0 Å². The molecule has 0 radical (unpaired) electrons. The summed E-state index contributed by atoms with van der Waals surface area (Å²) in [5.41, 5.74) is 0.955. The molecular weight excluding hydrogens is 194 g/mol. The van der Waals surface area contributed by atoms with Gasteiger partial charge in [-0.05, 0) is 16.4 Å². The van der Waals surface area contributed by atoms with Gasteiger partial charge in [0, 0.05) is 5.75 Å². The smallest absolute Gasteiger partial charge is 0.220 e. The van der Waals surface area contributed by atoms with E-state index in [0.717, 1.165) is 16.4 Å². The van der Waals surface area contributed by atoms with Crippen molar-refractivity contribution < 1.29 is 8.42 Å². The molecule has 0 amide bonds. The highest BCUT2D eigenvalue weighted by Crippen LogP contribution is 2.14. The Morgan fingerprint density at radius 3 is 2.33 bits per heavy atom. The zero-order chi connectivity index (χ0) is 9.03. The summed E-state index contributed by atoms with van der Waals surface area (Å²) in [4.78, 5) is 0. The first-order valence-corrected chi connectivity index (χ1v) is 6.34. The molecule has 2 N–H and O–H groups in total. The average Bonchev–Trinajstić information content (AvgIpc) is 2.02. The van der Waals surface area contributed by atoms with E-state index in [-0.39, 0.29) is 0 Å². The van der Waals surface area contributed by atoms with Crippen LogP contribution in [0.3, 0.4) is 0 Å². The minimum Gasteiger partial charge on any atom is -0.220 e. The van der Waals surface area contributed by atoms with Gasteiger partial charge in [0.05, 0.1) is 0 Å². The molecule has 1 aromatic carbocycles. The van der Waals surface area contributed by atoms with Crippen LogP contribution in [0.15, 0.2) is 30.3 Å². The fourth-order valence-electron chi connectivity index (χ4n) is 0.724. The molecule has 3 nitrogen and oxygen atoms in total. The molecule has 0 spiro atoms. The lowest BCUT2D eigenvalue weighted by Crippen LogP contribution is -2.06. The third-order valence-corrected chi connectivity index (χ3v) is 3.35. The molecule has 0 saturated heterocycles. The molecule has 0 heterocycles. The summed E-state index contributed by atoms with van der Waals surface area (Å²) < 4.78 is 21.1. The highest BCUT2D eigenvalue weighted by atomic mass is 33.1. The van der Waals surface area contributed by atoms with Crippen molar-refractivity contribution in [2.75, 3.05) is 0 Å². The van der Waals surface area contributed by atoms with Crippen molar-refractivity contribution >= 4 is 19.8 Å². The summed E-state index contributed by atoms with van der Waals surface area (Å²) in [6.07, 6.45) is 0. The van der Waals surface area contributed by atoms with Crippen molar-refractivity contribution in [3.8, 4) is 0 Å². The van der Waals surface area contributed by atoms with Crippen LogP contribution in [0.2, 0.25) is 0 Å². The van der Waals surface area contributed by atoms with Gasteiger partial charge in [-0.25, -0.2) is 13.6 Å². The van der Waals surface area contributed by atoms with Gasteiger partial charge in [0.25, 0.3) is 9.06 Å². The second-order valence-electron chi connectivity index (χ2n) is 2.24. The molecule has 1 aromatic rings. The highest BCUT2D eigenvalue weighted by molar-refractivity contribution is 8.70. The Morgan fingerprint density at radius 2 is 1.83 bits per heavy atom. The summed E-state index contributed by atoms with van der Waals surface area (Å²) in [5.74, 6) is 0.402. The van der Waals surface area contributed by atoms with Crippen LogP contribution in [0.5, 0.6) is 0 Å². The lowest BCUT2D eigenvalue weighted by Gasteiger charge is -1.97. The minimum atomic E-state index is -3.41. The number of hydrogen-bond acceptors (Lipinski definition) is 3. The molecule has 0 saturated carbocycles. The predicted octanol–water partition coefficient (Wildman–Crippen LogP) is 1.12. The number of nitrogens with two attached hydrogens (primary N) is 1. The summed E-state index contributed by atoms with van der Waals surface area (Å²) in [5, 5.41) is 4.82. The van der Waals surface area contributed by atoms with Crippen LogP contribution < -0.4 is 5.14 Å². The van der Waals surface area contributed by atoms with E-state index in [2.05, 4.69) is 0 Å². The van der Waals surface area contributed by atoms with Crippen molar-refractivity contribution in [3.63, 3.8) is 0 Å². The molecule has 0 aliphatic carbocycles. The Morgan fingerprint density at radius 1 is 1.25 bits per heavy atom. The highest BCUT2D eigenvalue weighted by Gasteiger charge is 2.02. The van der Waals surface area contributed by atoms with Crippen LogP contribution in [-0.4, -0.2) is 8.42 Å². The van der Waals surface area contributed by atoms with Crippen molar-refractivity contribution in [3.05, 3.63) is 35.9 Å². The molecule has 0 aromatic heterocycles. The average molecular weight is 203 g/mol. The maximum absolute atomic E-state index is 10.5. The zero-order valence-corrected chi connectivity index (χ0v) is 7.94. The summed E-state index contributed by atoms with van der Waals surface area (Å²) in [7, 11) is -2.67. The van der Waals surface area contributed by atoms with Gasteiger partial charge in [-0.1, -0.05) is 30.3 Å². The van der Waals surface area contributed by atoms with Crippen molar-refractivity contribution in [2.24, 2.45) is 5.14 Å². The molecule has 5 heteroatoms. The Balaban J connectivity index is 2.56. The van der Waals surface area contributed by atoms with Crippen molar-refractivity contribution in [1.29, 1.82) is 0 Å². The second kappa shape index (κ2) is 3.93. The molecule has 0 aliphatic heterocycles. The van der Waals surface area contributed by atoms with Crippen molar-refractivity contribution in [1.82, 2.24) is 0 Å². The molecule has 0 aliphatic rings. The first kappa shape index (κ1) is 9.57. The van der Waals surface area contributed by atoms with Crippen LogP contribution in [0.1, 0.15) is 5.56 Å². The molecule has 66 valence electrons. The monoisotopic (exact) mass is 203 g/mol. The molecule has 0 fully saturated rings. The fourth-order valence-corrected chi connectivity index (χ4v) is 2.12. The van der Waals surface area contributed by atoms with E-state index in [1.807, 2.05) is 30.3 Å². The van der Waals surface area contributed by atoms with E-state index in [1.54, 1.807) is 0 Å². The van der Waals surface area contributed by atoms with Crippen LogP contribution in [-0.2, 0) is 14.8 Å². The van der Waals surface area contributed by atoms with Crippen LogP contribution >= 0.6 is 10.8 Å². The van der Waals surface area contributed by atoms with E-state index in [9.17, 15) is 8.42 Å². The van der Waals surface area contributed by atoms with Gasteiger partial charge in [-0.3, -0.25) is 0 Å². The van der Waals surface area contributed by atoms with Crippen LogP contribution in [0, 0.1) is 0 Å². The molecular formula is C7H9NO2S2. The summed E-state index contributed by atoms with van der Waals surface area (Å²) >= 11 is 0. The van der Waals surface area contributed by atoms with Crippen LogP contribution in [0.25, 0.3) is 0 Å². The van der Waals surface area contributed by atoms with E-state index >= 15 is 0 Å². The maximum atomic E-state index is 10.5. The van der Waals surface area contributed by atoms with Gasteiger partial charge in [-0.15, -0.1) is 0 Å². The predicted molar refractivity (Wildman–Crippen MR) is 50.8 cm³/mol. The van der Waals surface area contributed by atoms with Gasteiger partial charge in [0.15, 0.2) is 0 Å². The summed E-state index contributed by atoms with van der Waals surface area (Å²) in [6, 6.07) is 9.32. The third-order valence-electron chi connectivity index (χ3n) is 1.23.